The molecule has 1 aliphatic heterocycles. The number of rotatable bonds is 2. The second-order valence-corrected chi connectivity index (χ2v) is 2.70. The Morgan fingerprint density at radius 2 is 2.33 bits per heavy atom. The maximum absolute atomic E-state index is 11.0. The van der Waals surface area contributed by atoms with E-state index in [0.29, 0.717) is 0 Å². The van der Waals surface area contributed by atoms with E-state index in [4.69, 9.17) is 5.11 Å². The van der Waals surface area contributed by atoms with Gasteiger partial charge in [-0.15, -0.1) is 0 Å². The van der Waals surface area contributed by atoms with E-state index in [0.717, 1.165) is 0 Å². The fraction of sp³-hybridized carbons (Fsp3) is 0.857. The Morgan fingerprint density at radius 1 is 1.67 bits per heavy atom. The summed E-state index contributed by atoms with van der Waals surface area (Å²) < 4.78 is 4.67. The van der Waals surface area contributed by atoms with Crippen molar-refractivity contribution in [3.63, 3.8) is 0 Å². The molecule has 0 aromatic carbocycles. The van der Waals surface area contributed by atoms with Crippen LogP contribution in [-0.2, 0) is 9.53 Å². The Hall–Kier alpha value is -0.650. The summed E-state index contributed by atoms with van der Waals surface area (Å²) in [5, 5.41) is 21.0. The quantitative estimate of drug-likeness (QED) is 0.433. The lowest BCUT2D eigenvalue weighted by molar-refractivity contribution is -0.148. The molecule has 1 aliphatic rings. The largest absolute Gasteiger partial charge is 0.465 e. The minimum Gasteiger partial charge on any atom is -0.465 e. The molecule has 0 aromatic rings. The van der Waals surface area contributed by atoms with Gasteiger partial charge in [-0.1, -0.05) is 0 Å². The standard InChI is InChI=1S/C7H13NO4/c1-2-12-7(11)5-6(10)4(9)3-8-5/h4-6,8-10H,2-3H2,1H3/t4-,5-,6-/m1/s1. The third-order valence-corrected chi connectivity index (χ3v) is 1.82. The predicted octanol–water partition coefficient (Wildman–Crippen LogP) is -1.76. The van der Waals surface area contributed by atoms with E-state index in [-0.39, 0.29) is 13.2 Å². The van der Waals surface area contributed by atoms with Gasteiger partial charge in [0.15, 0.2) is 0 Å². The summed E-state index contributed by atoms with van der Waals surface area (Å²) in [6.45, 7) is 2.19. The maximum Gasteiger partial charge on any atom is 0.325 e. The number of carbonyl (C=O) groups is 1. The number of esters is 1. The second kappa shape index (κ2) is 3.84. The van der Waals surface area contributed by atoms with Gasteiger partial charge >= 0.3 is 5.97 Å². The van der Waals surface area contributed by atoms with Gasteiger partial charge in [0.1, 0.15) is 12.1 Å². The van der Waals surface area contributed by atoms with Crippen molar-refractivity contribution in [2.45, 2.75) is 25.2 Å². The van der Waals surface area contributed by atoms with Gasteiger partial charge in [-0.25, -0.2) is 0 Å². The number of aliphatic hydroxyl groups is 2. The summed E-state index contributed by atoms with van der Waals surface area (Å²) in [6, 6.07) is -0.778. The highest BCUT2D eigenvalue weighted by Gasteiger charge is 2.38. The van der Waals surface area contributed by atoms with Crippen LogP contribution in [0.2, 0.25) is 0 Å². The van der Waals surface area contributed by atoms with Crippen LogP contribution < -0.4 is 5.32 Å². The molecule has 70 valence electrons. The molecule has 12 heavy (non-hydrogen) atoms. The Labute approximate surface area is 70.3 Å². The Kier molecular flexibility index (Phi) is 3.02. The van der Waals surface area contributed by atoms with E-state index < -0.39 is 24.2 Å². The van der Waals surface area contributed by atoms with Crippen molar-refractivity contribution < 1.29 is 19.7 Å². The molecule has 1 fully saturated rings. The molecule has 1 saturated heterocycles. The highest BCUT2D eigenvalue weighted by Crippen LogP contribution is 2.08. The van der Waals surface area contributed by atoms with Crippen molar-refractivity contribution in [2.75, 3.05) is 13.2 Å². The van der Waals surface area contributed by atoms with Crippen LogP contribution in [0.4, 0.5) is 0 Å². The fourth-order valence-electron chi connectivity index (χ4n) is 1.17. The van der Waals surface area contributed by atoms with Crippen molar-refractivity contribution in [1.82, 2.24) is 5.32 Å². The highest BCUT2D eigenvalue weighted by atomic mass is 16.5. The third kappa shape index (κ3) is 1.74. The number of β-amino-alcohol motifs (C(OH)–C–C–N with tert-alkyl or cyclic N) is 1. The molecule has 1 rings (SSSR count). The molecule has 0 saturated carbocycles. The molecular weight excluding hydrogens is 162 g/mol. The lowest BCUT2D eigenvalue weighted by Gasteiger charge is -2.13. The second-order valence-electron chi connectivity index (χ2n) is 2.70. The van der Waals surface area contributed by atoms with Crippen LogP contribution in [0.15, 0.2) is 0 Å². The highest BCUT2D eigenvalue weighted by molar-refractivity contribution is 5.77. The first-order chi connectivity index (χ1) is 5.66. The van der Waals surface area contributed by atoms with Gasteiger partial charge in [-0.2, -0.15) is 0 Å². The zero-order valence-electron chi connectivity index (χ0n) is 6.86. The monoisotopic (exact) mass is 175 g/mol. The Morgan fingerprint density at radius 3 is 2.75 bits per heavy atom. The molecule has 0 amide bonds. The molecule has 5 nitrogen and oxygen atoms in total. The average Bonchev–Trinajstić information content (AvgIpc) is 2.34. The normalized spacial score (nSPS) is 35.1. The van der Waals surface area contributed by atoms with Gasteiger partial charge in [-0.3, -0.25) is 10.1 Å². The topological polar surface area (TPSA) is 78.8 Å². The summed E-state index contributed by atoms with van der Waals surface area (Å²) in [4.78, 5) is 11.0. The molecule has 3 atom stereocenters. The van der Waals surface area contributed by atoms with Gasteiger partial charge in [0.2, 0.25) is 0 Å². The van der Waals surface area contributed by atoms with Gasteiger partial charge in [0.25, 0.3) is 0 Å². The van der Waals surface area contributed by atoms with E-state index in [1.165, 1.54) is 0 Å². The number of aliphatic hydroxyl groups excluding tert-OH is 2. The summed E-state index contributed by atoms with van der Waals surface area (Å²) >= 11 is 0. The zero-order valence-corrected chi connectivity index (χ0v) is 6.86. The summed E-state index contributed by atoms with van der Waals surface area (Å²) in [7, 11) is 0. The van der Waals surface area contributed by atoms with E-state index in [9.17, 15) is 9.90 Å². The molecule has 0 spiro atoms. The molecule has 0 aromatic heterocycles. The molecular formula is C7H13NO4. The number of carbonyl (C=O) groups excluding carboxylic acids is 1. The first-order valence-electron chi connectivity index (χ1n) is 3.93. The number of nitrogens with one attached hydrogen (secondary N) is 1. The Bertz CT molecular complexity index is 173. The number of hydrogen-bond acceptors (Lipinski definition) is 5. The van der Waals surface area contributed by atoms with Crippen LogP contribution in [0.25, 0.3) is 0 Å². The van der Waals surface area contributed by atoms with Crippen LogP contribution in [-0.4, -0.2) is 47.6 Å². The van der Waals surface area contributed by atoms with Gasteiger partial charge in [-0.05, 0) is 6.92 Å². The van der Waals surface area contributed by atoms with Gasteiger partial charge in [0, 0.05) is 6.54 Å². The van der Waals surface area contributed by atoms with Gasteiger partial charge in [0.05, 0.1) is 12.7 Å². The first-order valence-corrected chi connectivity index (χ1v) is 3.93. The van der Waals surface area contributed by atoms with E-state index in [1.54, 1.807) is 6.92 Å². The summed E-state index contributed by atoms with van der Waals surface area (Å²) in [6.07, 6.45) is -1.93. The first kappa shape index (κ1) is 9.44. The molecule has 5 heteroatoms. The number of ether oxygens (including phenoxy) is 1. The minimum absolute atomic E-state index is 0.227. The van der Waals surface area contributed by atoms with E-state index in [2.05, 4.69) is 10.1 Å². The zero-order chi connectivity index (χ0) is 9.14. The fourth-order valence-corrected chi connectivity index (χ4v) is 1.17. The molecule has 0 bridgehead atoms. The summed E-state index contributed by atoms with van der Waals surface area (Å²) in [5.41, 5.74) is 0. The third-order valence-electron chi connectivity index (χ3n) is 1.82. The molecule has 3 N–H and O–H groups in total. The van der Waals surface area contributed by atoms with Crippen molar-refractivity contribution >= 4 is 5.97 Å². The van der Waals surface area contributed by atoms with Gasteiger partial charge < -0.3 is 14.9 Å². The maximum atomic E-state index is 11.0. The molecule has 0 radical (unpaired) electrons. The molecule has 0 aliphatic carbocycles. The summed E-state index contributed by atoms with van der Waals surface area (Å²) in [5.74, 6) is -0.512. The lowest BCUT2D eigenvalue weighted by atomic mass is 10.1. The van der Waals surface area contributed by atoms with Crippen LogP contribution in [0.5, 0.6) is 0 Å². The van der Waals surface area contributed by atoms with Crippen molar-refractivity contribution in [3.05, 3.63) is 0 Å². The van der Waals surface area contributed by atoms with E-state index >= 15 is 0 Å². The van der Waals surface area contributed by atoms with Crippen molar-refractivity contribution in [2.24, 2.45) is 0 Å². The molecule has 1 heterocycles. The Balaban J connectivity index is 2.47. The van der Waals surface area contributed by atoms with Crippen LogP contribution in [0, 0.1) is 0 Å². The van der Waals surface area contributed by atoms with Crippen molar-refractivity contribution in [3.8, 4) is 0 Å². The van der Waals surface area contributed by atoms with E-state index in [1.807, 2.05) is 0 Å². The van der Waals surface area contributed by atoms with Crippen LogP contribution in [0.1, 0.15) is 6.92 Å². The predicted molar refractivity (Wildman–Crippen MR) is 40.4 cm³/mol. The van der Waals surface area contributed by atoms with Crippen molar-refractivity contribution in [1.29, 1.82) is 0 Å². The molecule has 0 unspecified atom stereocenters. The number of hydrogen-bond donors (Lipinski definition) is 3. The van der Waals surface area contributed by atoms with Crippen LogP contribution in [0.3, 0.4) is 0 Å². The SMILES string of the molecule is CCOC(=O)[C@@H]1NC[C@@H](O)[C@H]1O. The minimum atomic E-state index is -1.05. The smallest absolute Gasteiger partial charge is 0.325 e. The van der Waals surface area contributed by atoms with Crippen LogP contribution >= 0.6 is 0 Å². The lowest BCUT2D eigenvalue weighted by Crippen LogP contribution is -2.41. The average molecular weight is 175 g/mol.